The molecule has 0 bridgehead atoms. The lowest BCUT2D eigenvalue weighted by Crippen LogP contribution is -2.49. The Morgan fingerprint density at radius 1 is 1.03 bits per heavy atom. The summed E-state index contributed by atoms with van der Waals surface area (Å²) in [4.78, 5) is 29.9. The van der Waals surface area contributed by atoms with Crippen LogP contribution in [-0.4, -0.2) is 36.0 Å². The molecule has 1 aromatic heterocycles. The first kappa shape index (κ1) is 24.1. The molecule has 3 rings (SSSR count). The Bertz CT molecular complexity index is 1070. The van der Waals surface area contributed by atoms with Crippen LogP contribution in [0.1, 0.15) is 32.7 Å². The molecule has 0 aliphatic rings. The van der Waals surface area contributed by atoms with Gasteiger partial charge in [-0.05, 0) is 66.9 Å². The lowest BCUT2D eigenvalue weighted by atomic mass is 10.1. The second kappa shape index (κ2) is 11.9. The smallest absolute Gasteiger partial charge is 0.252 e. The molecule has 0 saturated heterocycles. The Kier molecular flexibility index (Phi) is 8.66. The van der Waals surface area contributed by atoms with E-state index >= 15 is 0 Å². The summed E-state index contributed by atoms with van der Waals surface area (Å²) in [6, 6.07) is 16.0. The molecule has 2 aromatic carbocycles. The van der Waals surface area contributed by atoms with Crippen molar-refractivity contribution in [3.05, 3.63) is 101 Å². The highest BCUT2D eigenvalue weighted by atomic mass is 19.1. The molecule has 0 fully saturated rings. The van der Waals surface area contributed by atoms with Gasteiger partial charge in [0, 0.05) is 30.4 Å². The highest BCUT2D eigenvalue weighted by molar-refractivity contribution is 5.97. The maximum absolute atomic E-state index is 13.1. The van der Waals surface area contributed by atoms with Crippen molar-refractivity contribution in [3.8, 4) is 0 Å². The minimum atomic E-state index is -0.886. The second-order valence-electron chi connectivity index (χ2n) is 7.83. The van der Waals surface area contributed by atoms with Crippen molar-refractivity contribution in [2.45, 2.75) is 32.9 Å². The highest BCUT2D eigenvalue weighted by Gasteiger charge is 2.22. The van der Waals surface area contributed by atoms with E-state index in [1.165, 1.54) is 12.1 Å². The predicted molar refractivity (Wildman–Crippen MR) is 124 cm³/mol. The summed E-state index contributed by atoms with van der Waals surface area (Å²) in [6.07, 6.45) is 2.27. The van der Waals surface area contributed by atoms with Gasteiger partial charge in [-0.1, -0.05) is 24.3 Å². The number of nitrogens with zero attached hydrogens (tertiary/aromatic N) is 1. The molecule has 0 unspecified atom stereocenters. The van der Waals surface area contributed by atoms with Crippen LogP contribution in [0.3, 0.4) is 0 Å². The van der Waals surface area contributed by atoms with Crippen molar-refractivity contribution < 1.29 is 18.7 Å². The van der Waals surface area contributed by atoms with Crippen LogP contribution in [0.2, 0.25) is 0 Å². The molecule has 6 nitrogen and oxygen atoms in total. The van der Waals surface area contributed by atoms with Crippen LogP contribution in [0.15, 0.2) is 66.9 Å². The molecule has 0 saturated carbocycles. The molecule has 2 N–H and O–H groups in total. The quantitative estimate of drug-likeness (QED) is 0.496. The van der Waals surface area contributed by atoms with E-state index in [-0.39, 0.29) is 30.8 Å². The van der Waals surface area contributed by atoms with Crippen LogP contribution >= 0.6 is 0 Å². The number of amides is 2. The number of aromatic nitrogens is 1. The standard InChI is InChI=1S/C26H28FN3O3/c1-18-6-9-21(15-19(18)2)25(31)30-24(17-33-16-20-7-10-22(27)11-8-20)26(32)29-14-12-23-5-3-4-13-28-23/h3-11,13,15,24H,12,14,16-17H2,1-2H3,(H,29,32)(H,30,31)/t24-/m1/s1. The molecule has 3 aromatic rings. The number of carbonyl (C=O) groups is 2. The van der Waals surface area contributed by atoms with Gasteiger partial charge in [0.05, 0.1) is 13.2 Å². The van der Waals surface area contributed by atoms with E-state index in [1.54, 1.807) is 30.5 Å². The Labute approximate surface area is 193 Å². The van der Waals surface area contributed by atoms with Crippen LogP contribution in [-0.2, 0) is 22.6 Å². The molecule has 0 radical (unpaired) electrons. The number of ether oxygens (including phenoxy) is 1. The molecule has 33 heavy (non-hydrogen) atoms. The van der Waals surface area contributed by atoms with Gasteiger partial charge in [0.2, 0.25) is 5.91 Å². The summed E-state index contributed by atoms with van der Waals surface area (Å²) < 4.78 is 18.8. The normalized spacial score (nSPS) is 11.6. The van der Waals surface area contributed by atoms with Gasteiger partial charge in [0.25, 0.3) is 5.91 Å². The van der Waals surface area contributed by atoms with E-state index in [1.807, 2.05) is 38.1 Å². The van der Waals surface area contributed by atoms with E-state index in [2.05, 4.69) is 15.6 Å². The highest BCUT2D eigenvalue weighted by Crippen LogP contribution is 2.10. The molecule has 7 heteroatoms. The van der Waals surface area contributed by atoms with Gasteiger partial charge in [-0.3, -0.25) is 14.6 Å². The first-order chi connectivity index (χ1) is 15.9. The first-order valence-electron chi connectivity index (χ1n) is 10.8. The van der Waals surface area contributed by atoms with E-state index in [0.29, 0.717) is 18.5 Å². The minimum Gasteiger partial charge on any atom is -0.374 e. The fraction of sp³-hybridized carbons (Fsp3) is 0.269. The fourth-order valence-electron chi connectivity index (χ4n) is 3.17. The fourth-order valence-corrected chi connectivity index (χ4v) is 3.17. The third-order valence-electron chi connectivity index (χ3n) is 5.26. The summed E-state index contributed by atoms with van der Waals surface area (Å²) in [6.45, 7) is 4.45. The summed E-state index contributed by atoms with van der Waals surface area (Å²) in [5.74, 6) is -1.03. The third-order valence-corrected chi connectivity index (χ3v) is 5.26. The summed E-state index contributed by atoms with van der Waals surface area (Å²) >= 11 is 0. The number of hydrogen-bond acceptors (Lipinski definition) is 4. The monoisotopic (exact) mass is 449 g/mol. The topological polar surface area (TPSA) is 80.3 Å². The van der Waals surface area contributed by atoms with Gasteiger partial charge in [-0.15, -0.1) is 0 Å². The minimum absolute atomic E-state index is 0.0244. The van der Waals surface area contributed by atoms with Crippen molar-refractivity contribution in [1.29, 1.82) is 0 Å². The number of nitrogens with one attached hydrogen (secondary N) is 2. The molecule has 0 spiro atoms. The Morgan fingerprint density at radius 2 is 1.82 bits per heavy atom. The zero-order valence-electron chi connectivity index (χ0n) is 18.8. The van der Waals surface area contributed by atoms with Crippen LogP contribution in [0.25, 0.3) is 0 Å². The van der Waals surface area contributed by atoms with Gasteiger partial charge < -0.3 is 15.4 Å². The van der Waals surface area contributed by atoms with Crippen molar-refractivity contribution in [3.63, 3.8) is 0 Å². The van der Waals surface area contributed by atoms with E-state index in [9.17, 15) is 14.0 Å². The first-order valence-corrected chi connectivity index (χ1v) is 10.8. The number of benzene rings is 2. The number of halogens is 1. The molecule has 0 aliphatic carbocycles. The van der Waals surface area contributed by atoms with Crippen LogP contribution in [0, 0.1) is 19.7 Å². The van der Waals surface area contributed by atoms with Gasteiger partial charge in [-0.2, -0.15) is 0 Å². The molecule has 0 aliphatic heterocycles. The Morgan fingerprint density at radius 3 is 2.52 bits per heavy atom. The lowest BCUT2D eigenvalue weighted by molar-refractivity contribution is -0.124. The van der Waals surface area contributed by atoms with Crippen LogP contribution in [0.5, 0.6) is 0 Å². The Balaban J connectivity index is 1.61. The third kappa shape index (κ3) is 7.50. The number of rotatable bonds is 10. The van der Waals surface area contributed by atoms with E-state index in [4.69, 9.17) is 4.74 Å². The van der Waals surface area contributed by atoms with E-state index in [0.717, 1.165) is 22.4 Å². The van der Waals surface area contributed by atoms with Gasteiger partial charge in [0.1, 0.15) is 11.9 Å². The molecular formula is C26H28FN3O3. The number of pyridine rings is 1. The second-order valence-corrected chi connectivity index (χ2v) is 7.83. The van der Waals surface area contributed by atoms with Crippen molar-refractivity contribution in [2.75, 3.05) is 13.2 Å². The molecule has 172 valence electrons. The largest absolute Gasteiger partial charge is 0.374 e. The summed E-state index contributed by atoms with van der Waals surface area (Å²) in [7, 11) is 0. The van der Waals surface area contributed by atoms with Crippen LogP contribution in [0.4, 0.5) is 4.39 Å². The van der Waals surface area contributed by atoms with Crippen LogP contribution < -0.4 is 10.6 Å². The Hall–Kier alpha value is -3.58. The molecule has 2 amide bonds. The SMILES string of the molecule is Cc1ccc(C(=O)N[C@H](COCc2ccc(F)cc2)C(=O)NCCc2ccccn2)cc1C. The maximum Gasteiger partial charge on any atom is 0.252 e. The number of hydrogen-bond donors (Lipinski definition) is 2. The van der Waals surface area contributed by atoms with Crippen molar-refractivity contribution >= 4 is 11.8 Å². The lowest BCUT2D eigenvalue weighted by Gasteiger charge is -2.19. The van der Waals surface area contributed by atoms with Gasteiger partial charge in [-0.25, -0.2) is 4.39 Å². The molecular weight excluding hydrogens is 421 g/mol. The zero-order chi connectivity index (χ0) is 23.6. The predicted octanol–water partition coefficient (Wildman–Crippen LogP) is 3.51. The number of aryl methyl sites for hydroxylation is 2. The zero-order valence-corrected chi connectivity index (χ0v) is 18.8. The summed E-state index contributed by atoms with van der Waals surface area (Å²) in [5, 5.41) is 5.61. The van der Waals surface area contributed by atoms with Gasteiger partial charge in [0.15, 0.2) is 0 Å². The van der Waals surface area contributed by atoms with Gasteiger partial charge >= 0.3 is 0 Å². The number of carbonyl (C=O) groups excluding carboxylic acids is 2. The van der Waals surface area contributed by atoms with E-state index < -0.39 is 6.04 Å². The average Bonchev–Trinajstić information content (AvgIpc) is 2.82. The molecule has 1 atom stereocenters. The molecule has 1 heterocycles. The maximum atomic E-state index is 13.1. The van der Waals surface area contributed by atoms with Crippen molar-refractivity contribution in [2.24, 2.45) is 0 Å². The summed E-state index contributed by atoms with van der Waals surface area (Å²) in [5.41, 5.74) is 4.18. The van der Waals surface area contributed by atoms with Crippen molar-refractivity contribution in [1.82, 2.24) is 15.6 Å². The average molecular weight is 450 g/mol.